The number of methoxy groups -OCH3 is 1. The van der Waals surface area contributed by atoms with Crippen LogP contribution in [0.4, 0.5) is 0 Å². The van der Waals surface area contributed by atoms with Gasteiger partial charge in [-0.05, 0) is 38.3 Å². The van der Waals surface area contributed by atoms with Crippen LogP contribution in [0.25, 0.3) is 0 Å². The lowest BCUT2D eigenvalue weighted by molar-refractivity contribution is 0.400. The van der Waals surface area contributed by atoms with Gasteiger partial charge in [0.05, 0.1) is 7.11 Å². The molecule has 0 heterocycles. The molecule has 1 rings (SSSR count). The summed E-state index contributed by atoms with van der Waals surface area (Å²) in [6.07, 6.45) is 2.52. The summed E-state index contributed by atoms with van der Waals surface area (Å²) >= 11 is 0. The first-order valence-corrected chi connectivity index (χ1v) is 6.51. The molecule has 1 unspecified atom stereocenters. The van der Waals surface area contributed by atoms with Crippen LogP contribution >= 0.6 is 0 Å². The zero-order chi connectivity index (χ0) is 12.7. The predicted octanol–water partition coefficient (Wildman–Crippen LogP) is 3.78. The number of para-hydroxylation sites is 1. The Kier molecular flexibility index (Phi) is 6.06. The summed E-state index contributed by atoms with van der Waals surface area (Å²) in [6, 6.07) is 8.55. The lowest BCUT2D eigenvalue weighted by Gasteiger charge is -2.17. The smallest absolute Gasteiger partial charge is 0.123 e. The third-order valence-corrected chi connectivity index (χ3v) is 3.01. The van der Waals surface area contributed by atoms with Gasteiger partial charge in [-0.1, -0.05) is 32.0 Å². The number of ether oxygens (including phenoxy) is 1. The molecule has 0 spiro atoms. The molecule has 1 aromatic carbocycles. The van der Waals surface area contributed by atoms with Gasteiger partial charge >= 0.3 is 0 Å². The molecule has 0 aliphatic heterocycles. The van der Waals surface area contributed by atoms with E-state index < -0.39 is 0 Å². The lowest BCUT2D eigenvalue weighted by Crippen LogP contribution is -2.20. The Morgan fingerprint density at radius 3 is 2.53 bits per heavy atom. The maximum Gasteiger partial charge on any atom is 0.123 e. The molecule has 0 bridgehead atoms. The van der Waals surface area contributed by atoms with E-state index in [0.717, 1.165) is 18.2 Å². The maximum absolute atomic E-state index is 5.37. The Bertz CT molecular complexity index is 322. The number of benzene rings is 1. The van der Waals surface area contributed by atoms with E-state index in [1.165, 1.54) is 18.4 Å². The highest BCUT2D eigenvalue weighted by Gasteiger charge is 2.09. The molecule has 0 saturated carbocycles. The van der Waals surface area contributed by atoms with Gasteiger partial charge in [-0.15, -0.1) is 0 Å². The van der Waals surface area contributed by atoms with Gasteiger partial charge in [-0.3, -0.25) is 0 Å². The topological polar surface area (TPSA) is 21.3 Å². The quantitative estimate of drug-likeness (QED) is 0.726. The average Bonchev–Trinajstić information content (AvgIpc) is 2.34. The van der Waals surface area contributed by atoms with Gasteiger partial charge in [0.2, 0.25) is 0 Å². The van der Waals surface area contributed by atoms with E-state index in [1.807, 2.05) is 12.1 Å². The maximum atomic E-state index is 5.37. The zero-order valence-electron chi connectivity index (χ0n) is 11.5. The molecule has 1 aromatic rings. The fraction of sp³-hybridized carbons (Fsp3) is 0.600. The van der Waals surface area contributed by atoms with Gasteiger partial charge in [0.15, 0.2) is 0 Å². The minimum Gasteiger partial charge on any atom is -0.496 e. The van der Waals surface area contributed by atoms with E-state index in [1.54, 1.807) is 7.11 Å². The van der Waals surface area contributed by atoms with Crippen LogP contribution in [0.15, 0.2) is 24.3 Å². The molecule has 2 nitrogen and oxygen atoms in total. The van der Waals surface area contributed by atoms with Crippen molar-refractivity contribution in [3.05, 3.63) is 29.8 Å². The van der Waals surface area contributed by atoms with Crippen LogP contribution in [0.1, 0.15) is 45.2 Å². The van der Waals surface area contributed by atoms with Crippen LogP contribution in [0.5, 0.6) is 5.75 Å². The monoisotopic (exact) mass is 235 g/mol. The van der Waals surface area contributed by atoms with Gasteiger partial charge in [-0.2, -0.15) is 0 Å². The van der Waals surface area contributed by atoms with Crippen molar-refractivity contribution in [2.75, 3.05) is 13.7 Å². The standard InChI is InChI=1S/C15H25NO/c1-12(2)8-7-11-16-13(3)14-9-5-6-10-15(14)17-4/h5-6,9-10,12-13,16H,7-8,11H2,1-4H3. The Labute approximate surface area is 105 Å². The molecular weight excluding hydrogens is 210 g/mol. The molecule has 0 aliphatic rings. The summed E-state index contributed by atoms with van der Waals surface area (Å²) in [7, 11) is 1.73. The van der Waals surface area contributed by atoms with Gasteiger partial charge in [-0.25, -0.2) is 0 Å². The zero-order valence-corrected chi connectivity index (χ0v) is 11.5. The average molecular weight is 235 g/mol. The molecule has 0 amide bonds. The Hall–Kier alpha value is -1.02. The van der Waals surface area contributed by atoms with Crippen LogP contribution in [-0.2, 0) is 0 Å². The van der Waals surface area contributed by atoms with Crippen molar-refractivity contribution in [2.45, 2.75) is 39.7 Å². The summed E-state index contributed by atoms with van der Waals surface area (Å²) < 4.78 is 5.37. The molecular formula is C15H25NO. The third kappa shape index (κ3) is 4.78. The second-order valence-electron chi connectivity index (χ2n) is 4.95. The molecule has 0 saturated heterocycles. The summed E-state index contributed by atoms with van der Waals surface area (Å²) in [5.74, 6) is 1.76. The van der Waals surface area contributed by atoms with Crippen LogP contribution in [0, 0.1) is 5.92 Å². The Morgan fingerprint density at radius 2 is 1.88 bits per heavy atom. The molecule has 1 N–H and O–H groups in total. The molecule has 0 aromatic heterocycles. The van der Waals surface area contributed by atoms with Gasteiger partial charge < -0.3 is 10.1 Å². The molecule has 2 heteroatoms. The van der Waals surface area contributed by atoms with Crippen LogP contribution in [-0.4, -0.2) is 13.7 Å². The van der Waals surface area contributed by atoms with Crippen molar-refractivity contribution in [2.24, 2.45) is 5.92 Å². The van der Waals surface area contributed by atoms with Crippen molar-refractivity contribution >= 4 is 0 Å². The molecule has 0 aliphatic carbocycles. The minimum atomic E-state index is 0.346. The van der Waals surface area contributed by atoms with Crippen molar-refractivity contribution in [1.29, 1.82) is 0 Å². The second kappa shape index (κ2) is 7.33. The van der Waals surface area contributed by atoms with E-state index >= 15 is 0 Å². The first-order valence-electron chi connectivity index (χ1n) is 6.51. The van der Waals surface area contributed by atoms with E-state index in [9.17, 15) is 0 Å². The van der Waals surface area contributed by atoms with Crippen molar-refractivity contribution in [3.8, 4) is 5.75 Å². The highest BCUT2D eigenvalue weighted by atomic mass is 16.5. The minimum absolute atomic E-state index is 0.346. The lowest BCUT2D eigenvalue weighted by atomic mass is 10.1. The van der Waals surface area contributed by atoms with Crippen molar-refractivity contribution < 1.29 is 4.74 Å². The molecule has 0 fully saturated rings. The predicted molar refractivity (Wildman–Crippen MR) is 73.5 cm³/mol. The first-order chi connectivity index (χ1) is 8.15. The van der Waals surface area contributed by atoms with Crippen LogP contribution < -0.4 is 10.1 Å². The van der Waals surface area contributed by atoms with E-state index in [0.29, 0.717) is 6.04 Å². The van der Waals surface area contributed by atoms with Crippen molar-refractivity contribution in [3.63, 3.8) is 0 Å². The Balaban J connectivity index is 2.43. The summed E-state index contributed by atoms with van der Waals surface area (Å²) in [5.41, 5.74) is 1.24. The fourth-order valence-corrected chi connectivity index (χ4v) is 1.96. The number of rotatable bonds is 7. The normalized spacial score (nSPS) is 12.8. The second-order valence-corrected chi connectivity index (χ2v) is 4.95. The molecule has 17 heavy (non-hydrogen) atoms. The number of nitrogens with one attached hydrogen (secondary N) is 1. The largest absolute Gasteiger partial charge is 0.496 e. The number of hydrogen-bond donors (Lipinski definition) is 1. The summed E-state index contributed by atoms with van der Waals surface area (Å²) in [4.78, 5) is 0. The third-order valence-electron chi connectivity index (χ3n) is 3.01. The summed E-state index contributed by atoms with van der Waals surface area (Å²) in [6.45, 7) is 7.79. The number of hydrogen-bond acceptors (Lipinski definition) is 2. The van der Waals surface area contributed by atoms with Gasteiger partial charge in [0, 0.05) is 11.6 Å². The van der Waals surface area contributed by atoms with Gasteiger partial charge in [0.25, 0.3) is 0 Å². The van der Waals surface area contributed by atoms with Gasteiger partial charge in [0.1, 0.15) is 5.75 Å². The van der Waals surface area contributed by atoms with Crippen molar-refractivity contribution in [1.82, 2.24) is 5.32 Å². The first kappa shape index (κ1) is 14.0. The Morgan fingerprint density at radius 1 is 1.18 bits per heavy atom. The summed E-state index contributed by atoms with van der Waals surface area (Å²) in [5, 5.41) is 3.55. The fourth-order valence-electron chi connectivity index (χ4n) is 1.96. The van der Waals surface area contributed by atoms with Crippen LogP contribution in [0.3, 0.4) is 0 Å². The van der Waals surface area contributed by atoms with Crippen LogP contribution in [0.2, 0.25) is 0 Å². The van der Waals surface area contributed by atoms with E-state index in [4.69, 9.17) is 4.74 Å². The highest BCUT2D eigenvalue weighted by molar-refractivity contribution is 5.35. The SMILES string of the molecule is COc1ccccc1C(C)NCCCC(C)C. The van der Waals surface area contributed by atoms with E-state index in [-0.39, 0.29) is 0 Å². The highest BCUT2D eigenvalue weighted by Crippen LogP contribution is 2.24. The molecule has 0 radical (unpaired) electrons. The van der Waals surface area contributed by atoms with E-state index in [2.05, 4.69) is 38.2 Å². The molecule has 1 atom stereocenters. The molecule has 96 valence electrons.